The fourth-order valence-corrected chi connectivity index (χ4v) is 1.57. The van der Waals surface area contributed by atoms with Gasteiger partial charge in [-0.25, -0.2) is 9.69 Å². The number of carbonyl (C=O) groups excluding carboxylic acids is 2. The monoisotopic (exact) mass is 228 g/mol. The third-order valence-corrected chi connectivity index (χ3v) is 2.34. The maximum Gasteiger partial charge on any atom is 0.417 e. The average molecular weight is 228 g/mol. The number of ether oxygens (including phenoxy) is 1. The van der Waals surface area contributed by atoms with Crippen LogP contribution in [0.3, 0.4) is 0 Å². The van der Waals surface area contributed by atoms with E-state index < -0.39 is 17.7 Å². The van der Waals surface area contributed by atoms with Crippen molar-refractivity contribution in [3.05, 3.63) is 0 Å². The van der Waals surface area contributed by atoms with Crippen molar-refractivity contribution in [1.82, 2.24) is 4.90 Å². The molecule has 16 heavy (non-hydrogen) atoms. The fourth-order valence-electron chi connectivity index (χ4n) is 1.57. The first-order chi connectivity index (χ1) is 7.31. The normalized spacial score (nSPS) is 22.9. The van der Waals surface area contributed by atoms with E-state index in [1.807, 2.05) is 0 Å². The van der Waals surface area contributed by atoms with Crippen LogP contribution in [-0.2, 0) is 9.53 Å². The molecule has 5 heteroatoms. The predicted molar refractivity (Wildman–Crippen MR) is 59.8 cm³/mol. The second-order valence-electron chi connectivity index (χ2n) is 5.07. The van der Waals surface area contributed by atoms with Gasteiger partial charge in [0.25, 0.3) is 0 Å². The average Bonchev–Trinajstić information content (AvgIpc) is 2.27. The Labute approximate surface area is 95.9 Å². The molecule has 0 spiro atoms. The van der Waals surface area contributed by atoms with Crippen molar-refractivity contribution in [3.63, 3.8) is 0 Å². The molecule has 0 aliphatic carbocycles. The van der Waals surface area contributed by atoms with E-state index in [9.17, 15) is 9.59 Å². The Bertz CT molecular complexity index is 283. The third-order valence-electron chi connectivity index (χ3n) is 2.34. The zero-order valence-corrected chi connectivity index (χ0v) is 10.2. The lowest BCUT2D eigenvalue weighted by Crippen LogP contribution is -2.47. The van der Waals surface area contributed by atoms with Gasteiger partial charge in [-0.2, -0.15) is 0 Å². The number of nitrogens with two attached hydrogens (primary N) is 1. The van der Waals surface area contributed by atoms with Gasteiger partial charge in [-0.1, -0.05) is 0 Å². The Hall–Kier alpha value is -1.10. The Kier molecular flexibility index (Phi) is 3.91. The Morgan fingerprint density at radius 3 is 2.62 bits per heavy atom. The van der Waals surface area contributed by atoms with Crippen molar-refractivity contribution in [2.24, 2.45) is 5.73 Å². The summed E-state index contributed by atoms with van der Waals surface area (Å²) in [6.45, 7) is 5.72. The Morgan fingerprint density at radius 2 is 2.06 bits per heavy atom. The SMILES string of the molecule is CC(C)(C)OC(=O)N1CCCC[C@@H](N)C1=O. The number of amides is 2. The van der Waals surface area contributed by atoms with E-state index in [0.29, 0.717) is 13.0 Å². The standard InChI is InChI=1S/C11H20N2O3/c1-11(2,3)16-10(15)13-7-5-4-6-8(12)9(13)14/h8H,4-7,12H2,1-3H3/t8-/m1/s1. The highest BCUT2D eigenvalue weighted by molar-refractivity contribution is 5.95. The minimum absolute atomic E-state index is 0.327. The molecule has 0 aromatic heterocycles. The molecule has 0 aromatic carbocycles. The predicted octanol–water partition coefficient (Wildman–Crippen LogP) is 1.26. The number of rotatable bonds is 0. The van der Waals surface area contributed by atoms with E-state index in [1.165, 1.54) is 0 Å². The molecule has 0 saturated carbocycles. The lowest BCUT2D eigenvalue weighted by Gasteiger charge is -2.26. The summed E-state index contributed by atoms with van der Waals surface area (Å²) in [5.41, 5.74) is 5.08. The second kappa shape index (κ2) is 4.82. The molecule has 0 unspecified atom stereocenters. The van der Waals surface area contributed by atoms with E-state index in [2.05, 4.69) is 0 Å². The zero-order valence-electron chi connectivity index (χ0n) is 10.2. The van der Waals surface area contributed by atoms with Crippen molar-refractivity contribution in [3.8, 4) is 0 Å². The maximum absolute atomic E-state index is 11.8. The minimum atomic E-state index is -0.590. The van der Waals surface area contributed by atoms with Gasteiger partial charge in [-0.3, -0.25) is 4.79 Å². The summed E-state index contributed by atoms with van der Waals surface area (Å²) >= 11 is 0. The Balaban J connectivity index is 2.69. The van der Waals surface area contributed by atoms with Gasteiger partial charge in [0.1, 0.15) is 5.60 Å². The van der Waals surface area contributed by atoms with Gasteiger partial charge in [0.15, 0.2) is 0 Å². The molecule has 2 N–H and O–H groups in total. The summed E-state index contributed by atoms with van der Waals surface area (Å²) in [4.78, 5) is 24.7. The summed E-state index contributed by atoms with van der Waals surface area (Å²) in [7, 11) is 0. The smallest absolute Gasteiger partial charge is 0.417 e. The summed E-state index contributed by atoms with van der Waals surface area (Å²) in [6.07, 6.45) is 1.71. The molecule has 0 radical (unpaired) electrons. The third kappa shape index (κ3) is 3.48. The molecule has 1 rings (SSSR count). The van der Waals surface area contributed by atoms with Crippen LogP contribution >= 0.6 is 0 Å². The van der Waals surface area contributed by atoms with Gasteiger partial charge < -0.3 is 10.5 Å². The summed E-state index contributed by atoms with van der Waals surface area (Å²) in [5, 5.41) is 0. The Morgan fingerprint density at radius 1 is 1.44 bits per heavy atom. The van der Waals surface area contributed by atoms with Crippen LogP contribution in [0.25, 0.3) is 0 Å². The van der Waals surface area contributed by atoms with Gasteiger partial charge in [0.2, 0.25) is 5.91 Å². The number of imide groups is 1. The number of carbonyl (C=O) groups is 2. The maximum atomic E-state index is 11.8. The topological polar surface area (TPSA) is 72.6 Å². The number of hydrogen-bond acceptors (Lipinski definition) is 4. The molecule has 1 saturated heterocycles. The molecule has 1 atom stereocenters. The van der Waals surface area contributed by atoms with Gasteiger partial charge in [0.05, 0.1) is 6.04 Å². The molecule has 1 aliphatic rings. The fraction of sp³-hybridized carbons (Fsp3) is 0.818. The lowest BCUT2D eigenvalue weighted by molar-refractivity contribution is -0.131. The van der Waals surface area contributed by atoms with Crippen molar-refractivity contribution in [1.29, 1.82) is 0 Å². The summed E-state index contributed by atoms with van der Waals surface area (Å²) < 4.78 is 5.16. The van der Waals surface area contributed by atoms with Crippen LogP contribution < -0.4 is 5.73 Å². The second-order valence-corrected chi connectivity index (χ2v) is 5.07. The van der Waals surface area contributed by atoms with Gasteiger partial charge in [-0.15, -0.1) is 0 Å². The molecule has 2 amide bonds. The molecular weight excluding hydrogens is 208 g/mol. The molecule has 1 aliphatic heterocycles. The number of nitrogens with zero attached hydrogens (tertiary/aromatic N) is 1. The molecule has 5 nitrogen and oxygen atoms in total. The van der Waals surface area contributed by atoms with Crippen LogP contribution in [0, 0.1) is 0 Å². The first-order valence-electron chi connectivity index (χ1n) is 5.61. The molecule has 0 aromatic rings. The van der Waals surface area contributed by atoms with E-state index in [4.69, 9.17) is 10.5 Å². The number of likely N-dealkylation sites (tertiary alicyclic amines) is 1. The number of hydrogen-bond donors (Lipinski definition) is 1. The van der Waals surface area contributed by atoms with Crippen LogP contribution in [0.15, 0.2) is 0 Å². The van der Waals surface area contributed by atoms with Crippen molar-refractivity contribution >= 4 is 12.0 Å². The largest absolute Gasteiger partial charge is 0.443 e. The molecule has 1 heterocycles. The molecule has 92 valence electrons. The quantitative estimate of drug-likeness (QED) is 0.677. The first kappa shape index (κ1) is 13.0. The highest BCUT2D eigenvalue weighted by atomic mass is 16.6. The van der Waals surface area contributed by atoms with Crippen LogP contribution in [0.4, 0.5) is 4.79 Å². The van der Waals surface area contributed by atoms with E-state index in [-0.39, 0.29) is 5.91 Å². The minimum Gasteiger partial charge on any atom is -0.443 e. The summed E-state index contributed by atoms with van der Waals surface area (Å²) in [6, 6.07) is -0.574. The van der Waals surface area contributed by atoms with Crippen LogP contribution in [0.1, 0.15) is 40.0 Å². The van der Waals surface area contributed by atoms with E-state index >= 15 is 0 Å². The van der Waals surface area contributed by atoms with E-state index in [1.54, 1.807) is 20.8 Å². The lowest BCUT2D eigenvalue weighted by atomic mass is 10.1. The van der Waals surface area contributed by atoms with Gasteiger partial charge >= 0.3 is 6.09 Å². The first-order valence-corrected chi connectivity index (χ1v) is 5.61. The highest BCUT2D eigenvalue weighted by Crippen LogP contribution is 2.15. The molecular formula is C11H20N2O3. The summed E-state index contributed by atoms with van der Waals surface area (Å²) in [5.74, 6) is -0.327. The van der Waals surface area contributed by atoms with Crippen molar-refractivity contribution in [2.45, 2.75) is 51.7 Å². The van der Waals surface area contributed by atoms with Crippen LogP contribution in [-0.4, -0.2) is 35.1 Å². The molecule has 0 bridgehead atoms. The van der Waals surface area contributed by atoms with Crippen molar-refractivity contribution < 1.29 is 14.3 Å². The zero-order chi connectivity index (χ0) is 12.3. The van der Waals surface area contributed by atoms with E-state index in [0.717, 1.165) is 17.7 Å². The van der Waals surface area contributed by atoms with Crippen LogP contribution in [0.2, 0.25) is 0 Å². The van der Waals surface area contributed by atoms with Crippen molar-refractivity contribution in [2.75, 3.05) is 6.54 Å². The van der Waals surface area contributed by atoms with Crippen LogP contribution in [0.5, 0.6) is 0 Å². The highest BCUT2D eigenvalue weighted by Gasteiger charge is 2.31. The van der Waals surface area contributed by atoms with Gasteiger partial charge in [-0.05, 0) is 40.0 Å². The van der Waals surface area contributed by atoms with Gasteiger partial charge in [0, 0.05) is 6.54 Å². The molecule has 1 fully saturated rings.